The number of amides is 4. The third-order valence-corrected chi connectivity index (χ3v) is 4.54. The molecule has 1 aliphatic heterocycles. The molecule has 2 rings (SSSR count). The topological polar surface area (TPSA) is 79.0 Å². The normalized spacial score (nSPS) is 30.6. The van der Waals surface area contributed by atoms with Crippen LogP contribution < -0.4 is 5.32 Å². The van der Waals surface area contributed by atoms with Crippen LogP contribution in [0.1, 0.15) is 40.0 Å². The van der Waals surface area contributed by atoms with E-state index in [1.165, 1.54) is 14.2 Å². The molecule has 0 radical (unpaired) electrons. The Morgan fingerprint density at radius 3 is 2.59 bits per heavy atom. The van der Waals surface area contributed by atoms with Crippen LogP contribution in [0.4, 0.5) is 4.79 Å². The molecule has 0 unspecified atom stereocenters. The number of imide groups is 1. The van der Waals surface area contributed by atoms with Crippen LogP contribution in [0.15, 0.2) is 0 Å². The molecule has 0 aromatic heterocycles. The number of carbonyl (C=O) groups excluding carboxylic acids is 3. The highest BCUT2D eigenvalue weighted by Crippen LogP contribution is 2.46. The number of nitrogens with one attached hydrogen (secondary N) is 1. The lowest BCUT2D eigenvalue weighted by atomic mass is 9.64. The van der Waals surface area contributed by atoms with Gasteiger partial charge in [0, 0.05) is 7.05 Å². The molecule has 22 heavy (non-hydrogen) atoms. The highest BCUT2D eigenvalue weighted by Gasteiger charge is 2.56. The first kappa shape index (κ1) is 16.7. The van der Waals surface area contributed by atoms with Crippen molar-refractivity contribution in [2.24, 2.45) is 11.3 Å². The molecule has 2 fully saturated rings. The molecular formula is C15H25N3O4. The van der Waals surface area contributed by atoms with Crippen molar-refractivity contribution in [1.29, 1.82) is 0 Å². The van der Waals surface area contributed by atoms with Gasteiger partial charge in [-0.3, -0.25) is 19.3 Å². The van der Waals surface area contributed by atoms with E-state index in [-0.39, 0.29) is 17.9 Å². The fourth-order valence-corrected chi connectivity index (χ4v) is 3.99. The molecule has 0 aromatic carbocycles. The molecule has 1 spiro atoms. The van der Waals surface area contributed by atoms with E-state index in [1.807, 2.05) is 0 Å². The molecule has 2 atom stereocenters. The summed E-state index contributed by atoms with van der Waals surface area (Å²) in [6.07, 6.45) is 2.23. The van der Waals surface area contributed by atoms with Crippen molar-refractivity contribution in [2.45, 2.75) is 45.6 Å². The molecule has 1 saturated carbocycles. The second-order valence-electron chi connectivity index (χ2n) is 7.33. The van der Waals surface area contributed by atoms with Crippen LogP contribution in [0.3, 0.4) is 0 Å². The van der Waals surface area contributed by atoms with Crippen LogP contribution in [0.25, 0.3) is 0 Å². The lowest BCUT2D eigenvalue weighted by molar-refractivity contribution is -0.170. The summed E-state index contributed by atoms with van der Waals surface area (Å²) < 4.78 is 0. The first-order chi connectivity index (χ1) is 10.1. The fourth-order valence-electron chi connectivity index (χ4n) is 3.99. The molecule has 7 nitrogen and oxygen atoms in total. The fraction of sp³-hybridized carbons (Fsp3) is 0.800. The van der Waals surface area contributed by atoms with Gasteiger partial charge in [-0.25, -0.2) is 9.86 Å². The molecule has 124 valence electrons. The number of carbonyl (C=O) groups is 3. The first-order valence-electron chi connectivity index (χ1n) is 7.55. The van der Waals surface area contributed by atoms with Gasteiger partial charge in [-0.2, -0.15) is 0 Å². The zero-order valence-corrected chi connectivity index (χ0v) is 13.9. The third-order valence-electron chi connectivity index (χ3n) is 4.54. The molecule has 7 heteroatoms. The quantitative estimate of drug-likeness (QED) is 0.626. The Balaban J connectivity index is 2.19. The van der Waals surface area contributed by atoms with Gasteiger partial charge in [0.1, 0.15) is 12.1 Å². The zero-order valence-electron chi connectivity index (χ0n) is 13.9. The Morgan fingerprint density at radius 1 is 1.41 bits per heavy atom. The molecule has 2 aliphatic rings. The van der Waals surface area contributed by atoms with E-state index in [0.29, 0.717) is 18.8 Å². The smallest absolute Gasteiger partial charge is 0.323 e. The number of rotatable bonds is 3. The van der Waals surface area contributed by atoms with Gasteiger partial charge in [-0.15, -0.1) is 0 Å². The Bertz CT molecular complexity index is 505. The minimum atomic E-state index is -0.871. The van der Waals surface area contributed by atoms with Crippen molar-refractivity contribution in [3.8, 4) is 0 Å². The van der Waals surface area contributed by atoms with Crippen LogP contribution in [-0.4, -0.2) is 54.0 Å². The number of hydrogen-bond acceptors (Lipinski definition) is 4. The van der Waals surface area contributed by atoms with Gasteiger partial charge in [0.05, 0.1) is 7.11 Å². The van der Waals surface area contributed by atoms with Gasteiger partial charge in [0.25, 0.3) is 11.8 Å². The number of likely N-dealkylation sites (N-methyl/N-ethyl adjacent to an activating group) is 1. The van der Waals surface area contributed by atoms with Gasteiger partial charge in [-0.1, -0.05) is 20.8 Å². The van der Waals surface area contributed by atoms with E-state index in [0.717, 1.165) is 16.4 Å². The Kier molecular flexibility index (Phi) is 4.21. The monoisotopic (exact) mass is 311 g/mol. The average Bonchev–Trinajstić information content (AvgIpc) is 2.59. The van der Waals surface area contributed by atoms with Crippen LogP contribution in [0.5, 0.6) is 0 Å². The van der Waals surface area contributed by atoms with Crippen LogP contribution >= 0.6 is 0 Å². The van der Waals surface area contributed by atoms with E-state index in [9.17, 15) is 14.4 Å². The minimum absolute atomic E-state index is 0.0239. The summed E-state index contributed by atoms with van der Waals surface area (Å²) in [6.45, 7) is 6.01. The van der Waals surface area contributed by atoms with Crippen LogP contribution in [0, 0.1) is 11.3 Å². The molecular weight excluding hydrogens is 286 g/mol. The van der Waals surface area contributed by atoms with E-state index < -0.39 is 17.5 Å². The summed E-state index contributed by atoms with van der Waals surface area (Å²) in [7, 11) is 2.80. The first-order valence-corrected chi connectivity index (χ1v) is 7.55. The lowest BCUT2D eigenvalue weighted by Crippen LogP contribution is -2.54. The van der Waals surface area contributed by atoms with Crippen molar-refractivity contribution in [2.75, 3.05) is 20.7 Å². The Hall–Kier alpha value is -1.63. The predicted octanol–water partition coefficient (Wildman–Crippen LogP) is 1.14. The number of urea groups is 1. The Morgan fingerprint density at radius 2 is 2.05 bits per heavy atom. The summed E-state index contributed by atoms with van der Waals surface area (Å²) in [5.74, 6) is -0.397. The molecule has 1 aliphatic carbocycles. The van der Waals surface area contributed by atoms with E-state index in [1.54, 1.807) is 0 Å². The second-order valence-corrected chi connectivity index (χ2v) is 7.33. The van der Waals surface area contributed by atoms with Crippen molar-refractivity contribution in [3.05, 3.63) is 0 Å². The summed E-state index contributed by atoms with van der Waals surface area (Å²) in [6, 6.07) is -0.493. The standard InChI is InChI=1S/C15H25N3O4/c1-10-6-14(2,3)9-15(7-10)12(20)18(13(21)16-15)8-11(19)17(4)22-5/h10H,6-9H2,1-5H3,(H,16,21)/t10-,15-/m1/s1. The Labute approximate surface area is 130 Å². The van der Waals surface area contributed by atoms with Crippen molar-refractivity contribution in [3.63, 3.8) is 0 Å². The maximum atomic E-state index is 12.8. The average molecular weight is 311 g/mol. The van der Waals surface area contributed by atoms with Gasteiger partial charge in [-0.05, 0) is 30.6 Å². The van der Waals surface area contributed by atoms with Gasteiger partial charge in [0.15, 0.2) is 0 Å². The van der Waals surface area contributed by atoms with E-state index >= 15 is 0 Å². The molecule has 1 saturated heterocycles. The number of nitrogens with zero attached hydrogens (tertiary/aromatic N) is 2. The molecule has 1 N–H and O–H groups in total. The number of hydrogen-bond donors (Lipinski definition) is 1. The van der Waals surface area contributed by atoms with E-state index in [2.05, 4.69) is 26.1 Å². The molecule has 1 heterocycles. The largest absolute Gasteiger partial charge is 0.325 e. The lowest BCUT2D eigenvalue weighted by Gasteiger charge is -2.43. The van der Waals surface area contributed by atoms with Gasteiger partial charge >= 0.3 is 6.03 Å². The minimum Gasteiger partial charge on any atom is -0.323 e. The number of hydroxylamine groups is 2. The summed E-state index contributed by atoms with van der Waals surface area (Å²) in [5, 5.41) is 3.86. The SMILES string of the molecule is CON(C)C(=O)CN1C(=O)N[C@@]2(C[C@H](C)CC(C)(C)C2)C1=O. The molecule has 4 amide bonds. The van der Waals surface area contributed by atoms with Crippen LogP contribution in [0.2, 0.25) is 0 Å². The van der Waals surface area contributed by atoms with Gasteiger partial charge < -0.3 is 5.32 Å². The van der Waals surface area contributed by atoms with Crippen molar-refractivity contribution in [1.82, 2.24) is 15.3 Å². The summed E-state index contributed by atoms with van der Waals surface area (Å²) in [5.41, 5.74) is -0.895. The zero-order chi connectivity index (χ0) is 16.7. The summed E-state index contributed by atoms with van der Waals surface area (Å²) >= 11 is 0. The van der Waals surface area contributed by atoms with Gasteiger partial charge in [0.2, 0.25) is 0 Å². The molecule has 0 bridgehead atoms. The second kappa shape index (κ2) is 5.53. The maximum Gasteiger partial charge on any atom is 0.325 e. The van der Waals surface area contributed by atoms with E-state index in [4.69, 9.17) is 4.84 Å². The van der Waals surface area contributed by atoms with Crippen molar-refractivity contribution >= 4 is 17.8 Å². The summed E-state index contributed by atoms with van der Waals surface area (Å²) in [4.78, 5) is 42.7. The molecule has 0 aromatic rings. The predicted molar refractivity (Wildman–Crippen MR) is 79.6 cm³/mol. The highest BCUT2D eigenvalue weighted by molar-refractivity contribution is 6.09. The van der Waals surface area contributed by atoms with Crippen molar-refractivity contribution < 1.29 is 19.2 Å². The highest BCUT2D eigenvalue weighted by atomic mass is 16.7. The maximum absolute atomic E-state index is 12.8. The van der Waals surface area contributed by atoms with Crippen LogP contribution in [-0.2, 0) is 14.4 Å². The third kappa shape index (κ3) is 2.95.